The summed E-state index contributed by atoms with van der Waals surface area (Å²) in [4.78, 5) is 22.0. The predicted octanol–water partition coefficient (Wildman–Crippen LogP) is 3.73. The Balaban J connectivity index is 1.36. The Morgan fingerprint density at radius 3 is 2.60 bits per heavy atom. The van der Waals surface area contributed by atoms with Gasteiger partial charge in [0.25, 0.3) is 5.91 Å². The smallest absolute Gasteiger partial charge is 0.253 e. The molecular formula is C24H32N4O2. The number of aromatic nitrogens is 1. The maximum absolute atomic E-state index is 12.8. The summed E-state index contributed by atoms with van der Waals surface area (Å²) >= 11 is 0. The number of nitrogens with one attached hydrogen (secondary N) is 1. The summed E-state index contributed by atoms with van der Waals surface area (Å²) in [5, 5.41) is 3.20. The van der Waals surface area contributed by atoms with Crippen LogP contribution in [0, 0.1) is 5.92 Å². The zero-order chi connectivity index (χ0) is 20.9. The second-order valence-electron chi connectivity index (χ2n) is 8.51. The molecule has 1 unspecified atom stereocenters. The van der Waals surface area contributed by atoms with Gasteiger partial charge in [-0.1, -0.05) is 19.1 Å². The molecular weight excluding hydrogens is 376 g/mol. The third-order valence-electron chi connectivity index (χ3n) is 6.30. The molecule has 0 radical (unpaired) electrons. The minimum atomic E-state index is -0.0480. The number of rotatable bonds is 5. The van der Waals surface area contributed by atoms with E-state index in [-0.39, 0.29) is 11.9 Å². The second-order valence-corrected chi connectivity index (χ2v) is 8.51. The van der Waals surface area contributed by atoms with E-state index in [1.807, 2.05) is 30.3 Å². The Morgan fingerprint density at radius 2 is 1.87 bits per heavy atom. The van der Waals surface area contributed by atoms with Crippen molar-refractivity contribution in [2.24, 2.45) is 5.92 Å². The summed E-state index contributed by atoms with van der Waals surface area (Å²) in [7, 11) is 1.70. The number of carbonyl (C=O) groups excluding carboxylic acids is 1. The van der Waals surface area contributed by atoms with Gasteiger partial charge in [-0.25, -0.2) is 4.98 Å². The van der Waals surface area contributed by atoms with Crippen molar-refractivity contribution in [3.8, 4) is 5.75 Å². The van der Waals surface area contributed by atoms with Crippen LogP contribution in [0.4, 0.5) is 11.5 Å². The fourth-order valence-electron chi connectivity index (χ4n) is 4.42. The van der Waals surface area contributed by atoms with Crippen LogP contribution in [-0.2, 0) is 0 Å². The van der Waals surface area contributed by atoms with Gasteiger partial charge >= 0.3 is 0 Å². The van der Waals surface area contributed by atoms with Crippen molar-refractivity contribution in [2.75, 3.05) is 43.1 Å². The SMILES string of the molecule is COc1ccccc1N1CCCC(NC(=O)c2ccc(N3CCC(C)CC3)nc2)C1. The average Bonchev–Trinajstić information content (AvgIpc) is 2.80. The average molecular weight is 409 g/mol. The monoisotopic (exact) mass is 408 g/mol. The van der Waals surface area contributed by atoms with Crippen molar-refractivity contribution in [1.82, 2.24) is 10.3 Å². The van der Waals surface area contributed by atoms with Crippen LogP contribution in [0.5, 0.6) is 5.75 Å². The number of para-hydroxylation sites is 2. The quantitative estimate of drug-likeness (QED) is 0.817. The number of hydrogen-bond donors (Lipinski definition) is 1. The number of hydrogen-bond acceptors (Lipinski definition) is 5. The van der Waals surface area contributed by atoms with E-state index < -0.39 is 0 Å². The highest BCUT2D eigenvalue weighted by molar-refractivity contribution is 5.94. The first kappa shape index (κ1) is 20.5. The largest absolute Gasteiger partial charge is 0.495 e. The van der Waals surface area contributed by atoms with Crippen molar-refractivity contribution in [2.45, 2.75) is 38.6 Å². The number of anilines is 2. The number of carbonyl (C=O) groups is 1. The molecule has 2 fully saturated rings. The molecule has 1 aromatic heterocycles. The van der Waals surface area contributed by atoms with E-state index in [9.17, 15) is 4.79 Å². The molecule has 2 aliphatic heterocycles. The summed E-state index contributed by atoms with van der Waals surface area (Å²) < 4.78 is 5.51. The molecule has 2 aromatic rings. The normalized spacial score (nSPS) is 20.1. The molecule has 4 rings (SSSR count). The Bertz CT molecular complexity index is 847. The van der Waals surface area contributed by atoms with Crippen molar-refractivity contribution in [3.63, 3.8) is 0 Å². The molecule has 2 aliphatic rings. The van der Waals surface area contributed by atoms with E-state index in [1.165, 1.54) is 12.8 Å². The first-order valence-corrected chi connectivity index (χ1v) is 11.0. The van der Waals surface area contributed by atoms with Crippen LogP contribution < -0.4 is 19.9 Å². The summed E-state index contributed by atoms with van der Waals surface area (Å²) in [6.07, 6.45) is 6.13. The standard InChI is InChI=1S/C24H32N4O2/c1-18-11-14-27(15-12-18)23-10-9-19(16-25-23)24(29)26-20-6-5-13-28(17-20)21-7-3-4-8-22(21)30-2/h3-4,7-10,16,18,20H,5-6,11-15,17H2,1-2H3,(H,26,29). The summed E-state index contributed by atoms with van der Waals surface area (Å²) in [6.45, 7) is 6.14. The molecule has 0 saturated carbocycles. The van der Waals surface area contributed by atoms with Gasteiger partial charge in [-0.3, -0.25) is 4.79 Å². The summed E-state index contributed by atoms with van der Waals surface area (Å²) in [5.74, 6) is 2.58. The lowest BCUT2D eigenvalue weighted by Gasteiger charge is -2.35. The number of benzene rings is 1. The number of ether oxygens (including phenoxy) is 1. The minimum absolute atomic E-state index is 0.0480. The Labute approximate surface area is 179 Å². The van der Waals surface area contributed by atoms with E-state index in [0.717, 1.165) is 62.2 Å². The molecule has 1 atom stereocenters. The first-order valence-electron chi connectivity index (χ1n) is 11.0. The van der Waals surface area contributed by atoms with Gasteiger partial charge in [0.2, 0.25) is 0 Å². The lowest BCUT2D eigenvalue weighted by molar-refractivity contribution is 0.0933. The van der Waals surface area contributed by atoms with Crippen molar-refractivity contribution < 1.29 is 9.53 Å². The molecule has 30 heavy (non-hydrogen) atoms. The fraction of sp³-hybridized carbons (Fsp3) is 0.500. The van der Waals surface area contributed by atoms with Gasteiger partial charge in [0.1, 0.15) is 11.6 Å². The van der Waals surface area contributed by atoms with Crippen molar-refractivity contribution in [1.29, 1.82) is 0 Å². The van der Waals surface area contributed by atoms with Gasteiger partial charge in [0.05, 0.1) is 18.4 Å². The van der Waals surface area contributed by atoms with E-state index in [1.54, 1.807) is 13.3 Å². The minimum Gasteiger partial charge on any atom is -0.495 e. The molecule has 3 heterocycles. The second kappa shape index (κ2) is 9.37. The fourth-order valence-corrected chi connectivity index (χ4v) is 4.42. The molecule has 1 amide bonds. The highest BCUT2D eigenvalue weighted by Gasteiger charge is 2.24. The van der Waals surface area contributed by atoms with Crippen LogP contribution in [0.25, 0.3) is 0 Å². The summed E-state index contributed by atoms with van der Waals surface area (Å²) in [5.41, 5.74) is 1.71. The van der Waals surface area contributed by atoms with Gasteiger partial charge in [-0.05, 0) is 55.9 Å². The molecule has 0 bridgehead atoms. The Morgan fingerprint density at radius 1 is 1.07 bits per heavy atom. The van der Waals surface area contributed by atoms with Crippen LogP contribution in [0.3, 0.4) is 0 Å². The van der Waals surface area contributed by atoms with Gasteiger partial charge in [0.15, 0.2) is 0 Å². The summed E-state index contributed by atoms with van der Waals surface area (Å²) in [6, 6.07) is 12.0. The molecule has 160 valence electrons. The van der Waals surface area contributed by atoms with E-state index in [0.29, 0.717) is 5.56 Å². The lowest BCUT2D eigenvalue weighted by Crippen LogP contribution is -2.48. The zero-order valence-corrected chi connectivity index (χ0v) is 18.0. The molecule has 1 N–H and O–H groups in total. The van der Waals surface area contributed by atoms with Crippen LogP contribution >= 0.6 is 0 Å². The number of pyridine rings is 1. The van der Waals surface area contributed by atoms with E-state index in [2.05, 4.69) is 33.1 Å². The van der Waals surface area contributed by atoms with Gasteiger partial charge in [-0.2, -0.15) is 0 Å². The van der Waals surface area contributed by atoms with Crippen LogP contribution in [-0.4, -0.2) is 50.2 Å². The number of amides is 1. The Hall–Kier alpha value is -2.76. The van der Waals surface area contributed by atoms with Crippen LogP contribution in [0.15, 0.2) is 42.6 Å². The lowest BCUT2D eigenvalue weighted by atomic mass is 9.99. The number of methoxy groups -OCH3 is 1. The zero-order valence-electron chi connectivity index (χ0n) is 18.0. The highest BCUT2D eigenvalue weighted by Crippen LogP contribution is 2.30. The van der Waals surface area contributed by atoms with Crippen LogP contribution in [0.2, 0.25) is 0 Å². The van der Waals surface area contributed by atoms with Gasteiger partial charge in [-0.15, -0.1) is 0 Å². The third kappa shape index (κ3) is 4.69. The molecule has 1 aromatic carbocycles. The molecule has 6 nitrogen and oxygen atoms in total. The van der Waals surface area contributed by atoms with E-state index in [4.69, 9.17) is 4.74 Å². The van der Waals surface area contributed by atoms with Crippen molar-refractivity contribution in [3.05, 3.63) is 48.2 Å². The number of piperidine rings is 2. The molecule has 2 saturated heterocycles. The third-order valence-corrected chi connectivity index (χ3v) is 6.30. The molecule has 6 heteroatoms. The van der Waals surface area contributed by atoms with Gasteiger partial charge in [0, 0.05) is 38.4 Å². The van der Waals surface area contributed by atoms with Crippen molar-refractivity contribution >= 4 is 17.4 Å². The maximum atomic E-state index is 12.8. The molecule has 0 aliphatic carbocycles. The molecule has 0 spiro atoms. The van der Waals surface area contributed by atoms with Gasteiger partial charge < -0.3 is 19.9 Å². The predicted molar refractivity (Wildman–Crippen MR) is 121 cm³/mol. The first-order chi connectivity index (χ1) is 14.6. The topological polar surface area (TPSA) is 57.7 Å². The number of nitrogens with zero attached hydrogens (tertiary/aromatic N) is 3. The van der Waals surface area contributed by atoms with Crippen LogP contribution in [0.1, 0.15) is 43.0 Å². The highest BCUT2D eigenvalue weighted by atomic mass is 16.5. The maximum Gasteiger partial charge on any atom is 0.253 e. The van der Waals surface area contributed by atoms with E-state index >= 15 is 0 Å². The Kier molecular flexibility index (Phi) is 6.41.